The van der Waals surface area contributed by atoms with Gasteiger partial charge >= 0.3 is 5.97 Å². The summed E-state index contributed by atoms with van der Waals surface area (Å²) in [5, 5.41) is 8.17. The van der Waals surface area contributed by atoms with E-state index in [1.807, 2.05) is 0 Å². The van der Waals surface area contributed by atoms with Crippen LogP contribution in [0.1, 0.15) is 12.8 Å². The summed E-state index contributed by atoms with van der Waals surface area (Å²) < 4.78 is 0. The van der Waals surface area contributed by atoms with Gasteiger partial charge in [-0.3, -0.25) is 4.79 Å². The highest BCUT2D eigenvalue weighted by Gasteiger charge is 2.31. The minimum atomic E-state index is -1.33. The number of aliphatic carboxylic acids is 1. The molecule has 0 saturated heterocycles. The van der Waals surface area contributed by atoms with E-state index < -0.39 is 11.8 Å². The van der Waals surface area contributed by atoms with Gasteiger partial charge in [-0.2, -0.15) is 0 Å². The molecule has 3 heteroatoms. The SMILES string of the molecule is C=C1CC1CC(=O)C(=O)O. The number of carbonyl (C=O) groups is 2. The van der Waals surface area contributed by atoms with Gasteiger partial charge in [-0.15, -0.1) is 0 Å². The smallest absolute Gasteiger partial charge is 0.372 e. The number of hydrogen-bond acceptors (Lipinski definition) is 2. The summed E-state index contributed by atoms with van der Waals surface area (Å²) >= 11 is 0. The fourth-order valence-electron chi connectivity index (χ4n) is 0.785. The van der Waals surface area contributed by atoms with Crippen LogP contribution < -0.4 is 0 Å². The average Bonchev–Trinajstić information content (AvgIpc) is 2.46. The number of rotatable bonds is 3. The molecule has 0 radical (unpaired) electrons. The zero-order valence-electron chi connectivity index (χ0n) is 5.46. The summed E-state index contributed by atoms with van der Waals surface area (Å²) in [5.41, 5.74) is 0.995. The van der Waals surface area contributed by atoms with Gasteiger partial charge in [0.15, 0.2) is 0 Å². The van der Waals surface area contributed by atoms with Gasteiger partial charge in [-0.05, 0) is 12.3 Å². The van der Waals surface area contributed by atoms with Gasteiger partial charge in [0.05, 0.1) is 0 Å². The number of hydrogen-bond donors (Lipinski definition) is 1. The molecule has 3 nitrogen and oxygen atoms in total. The maximum atomic E-state index is 10.5. The number of carboxylic acid groups (broad SMARTS) is 1. The van der Waals surface area contributed by atoms with Crippen LogP contribution in [0.15, 0.2) is 12.2 Å². The first kappa shape index (κ1) is 6.99. The Morgan fingerprint density at radius 3 is 2.50 bits per heavy atom. The molecule has 1 atom stereocenters. The predicted octanol–water partition coefficient (Wildman–Crippen LogP) is 0.606. The van der Waals surface area contributed by atoms with Crippen molar-refractivity contribution in [2.75, 3.05) is 0 Å². The van der Waals surface area contributed by atoms with E-state index in [9.17, 15) is 9.59 Å². The van der Waals surface area contributed by atoms with Crippen LogP contribution in [0.25, 0.3) is 0 Å². The third kappa shape index (κ3) is 1.43. The van der Waals surface area contributed by atoms with Crippen molar-refractivity contribution in [2.24, 2.45) is 5.92 Å². The maximum absolute atomic E-state index is 10.5. The first-order valence-electron chi connectivity index (χ1n) is 3.05. The average molecular weight is 140 g/mol. The van der Waals surface area contributed by atoms with Gasteiger partial charge in [0.25, 0.3) is 0 Å². The molecule has 0 heterocycles. The van der Waals surface area contributed by atoms with Crippen LogP contribution in [0.2, 0.25) is 0 Å². The van der Waals surface area contributed by atoms with Crippen LogP contribution >= 0.6 is 0 Å². The second kappa shape index (κ2) is 2.25. The van der Waals surface area contributed by atoms with Gasteiger partial charge in [-0.25, -0.2) is 4.79 Å². The Hall–Kier alpha value is -1.12. The van der Waals surface area contributed by atoms with Gasteiger partial charge in [0.1, 0.15) is 0 Å². The molecular formula is C7H8O3. The molecule has 0 aromatic carbocycles. The van der Waals surface area contributed by atoms with E-state index in [1.54, 1.807) is 0 Å². The quantitative estimate of drug-likeness (QED) is 0.461. The Kier molecular flexibility index (Phi) is 1.57. The van der Waals surface area contributed by atoms with Crippen LogP contribution in [0.3, 0.4) is 0 Å². The lowest BCUT2D eigenvalue weighted by atomic mass is 10.2. The summed E-state index contributed by atoms with van der Waals surface area (Å²) in [7, 11) is 0. The third-order valence-corrected chi connectivity index (χ3v) is 1.60. The monoisotopic (exact) mass is 140 g/mol. The lowest BCUT2D eigenvalue weighted by molar-refractivity contribution is -0.149. The number of carboxylic acids is 1. The van der Waals surface area contributed by atoms with Crippen molar-refractivity contribution in [3.8, 4) is 0 Å². The first-order chi connectivity index (χ1) is 4.61. The standard InChI is InChI=1S/C7H8O3/c1-4-2-5(4)3-6(8)7(9)10/h5H,1-3H2,(H,9,10). The van der Waals surface area contributed by atoms with Crippen LogP contribution in [0.4, 0.5) is 0 Å². The molecule has 1 saturated carbocycles. The normalized spacial score (nSPS) is 22.4. The topological polar surface area (TPSA) is 54.4 Å². The minimum Gasteiger partial charge on any atom is -0.476 e. The summed E-state index contributed by atoms with van der Waals surface area (Å²) in [4.78, 5) is 20.5. The number of allylic oxidation sites excluding steroid dienone is 1. The van der Waals surface area contributed by atoms with Gasteiger partial charge in [-0.1, -0.05) is 12.2 Å². The molecule has 0 spiro atoms. The lowest BCUT2D eigenvalue weighted by Crippen LogP contribution is -2.12. The lowest BCUT2D eigenvalue weighted by Gasteiger charge is -1.88. The van der Waals surface area contributed by atoms with Crippen LogP contribution in [0, 0.1) is 5.92 Å². The van der Waals surface area contributed by atoms with E-state index in [4.69, 9.17) is 5.11 Å². The van der Waals surface area contributed by atoms with Gasteiger partial charge in [0.2, 0.25) is 5.78 Å². The molecule has 0 amide bonds. The van der Waals surface area contributed by atoms with Crippen LogP contribution in [-0.2, 0) is 9.59 Å². The van der Waals surface area contributed by atoms with Crippen molar-refractivity contribution in [1.82, 2.24) is 0 Å². The summed E-state index contributed by atoms with van der Waals surface area (Å²) in [6.07, 6.45) is 0.952. The van der Waals surface area contributed by atoms with Crippen LogP contribution in [-0.4, -0.2) is 16.9 Å². The summed E-state index contributed by atoms with van der Waals surface area (Å²) in [5.74, 6) is -1.88. The highest BCUT2D eigenvalue weighted by Crippen LogP contribution is 2.38. The number of Topliss-reactive ketones (excluding diaryl/α,β-unsaturated/α-hetero) is 1. The molecule has 10 heavy (non-hydrogen) atoms. The molecule has 1 N–H and O–H groups in total. The van der Waals surface area contributed by atoms with Crippen molar-refractivity contribution < 1.29 is 14.7 Å². The Morgan fingerprint density at radius 2 is 2.20 bits per heavy atom. The molecule has 1 rings (SSSR count). The Balaban J connectivity index is 2.33. The molecule has 0 aromatic heterocycles. The number of ketones is 1. The first-order valence-corrected chi connectivity index (χ1v) is 3.05. The largest absolute Gasteiger partial charge is 0.476 e. The van der Waals surface area contributed by atoms with E-state index in [-0.39, 0.29) is 12.3 Å². The second-order valence-corrected chi connectivity index (χ2v) is 2.49. The van der Waals surface area contributed by atoms with Crippen molar-refractivity contribution in [3.63, 3.8) is 0 Å². The molecular weight excluding hydrogens is 132 g/mol. The fraction of sp³-hybridized carbons (Fsp3) is 0.429. The highest BCUT2D eigenvalue weighted by molar-refractivity contribution is 6.32. The Morgan fingerprint density at radius 1 is 1.70 bits per heavy atom. The van der Waals surface area contributed by atoms with E-state index >= 15 is 0 Å². The van der Waals surface area contributed by atoms with Crippen molar-refractivity contribution in [2.45, 2.75) is 12.8 Å². The summed E-state index contributed by atoms with van der Waals surface area (Å²) in [6, 6.07) is 0. The van der Waals surface area contributed by atoms with E-state index in [2.05, 4.69) is 6.58 Å². The molecule has 1 aliphatic carbocycles. The third-order valence-electron chi connectivity index (χ3n) is 1.60. The molecule has 0 aliphatic heterocycles. The highest BCUT2D eigenvalue weighted by atomic mass is 16.4. The van der Waals surface area contributed by atoms with Crippen molar-refractivity contribution in [3.05, 3.63) is 12.2 Å². The van der Waals surface area contributed by atoms with E-state index in [0.717, 1.165) is 12.0 Å². The van der Waals surface area contributed by atoms with Crippen molar-refractivity contribution in [1.29, 1.82) is 0 Å². The molecule has 1 aliphatic rings. The zero-order valence-corrected chi connectivity index (χ0v) is 5.46. The molecule has 0 aromatic rings. The second-order valence-electron chi connectivity index (χ2n) is 2.49. The summed E-state index contributed by atoms with van der Waals surface area (Å²) in [6.45, 7) is 3.62. The van der Waals surface area contributed by atoms with Crippen molar-refractivity contribution >= 4 is 11.8 Å². The maximum Gasteiger partial charge on any atom is 0.372 e. The van der Waals surface area contributed by atoms with Crippen LogP contribution in [0.5, 0.6) is 0 Å². The van der Waals surface area contributed by atoms with Gasteiger partial charge in [0, 0.05) is 6.42 Å². The Labute approximate surface area is 58.4 Å². The van der Waals surface area contributed by atoms with E-state index in [1.165, 1.54) is 0 Å². The van der Waals surface area contributed by atoms with Gasteiger partial charge < -0.3 is 5.11 Å². The fourth-order valence-corrected chi connectivity index (χ4v) is 0.785. The molecule has 54 valence electrons. The van der Waals surface area contributed by atoms with E-state index in [0.29, 0.717) is 0 Å². The molecule has 1 unspecified atom stereocenters. The zero-order chi connectivity index (χ0) is 7.72. The number of carbonyl (C=O) groups excluding carboxylic acids is 1. The predicted molar refractivity (Wildman–Crippen MR) is 34.5 cm³/mol. The molecule has 1 fully saturated rings. The minimum absolute atomic E-state index is 0.133. The Bertz CT molecular complexity index is 205. The molecule has 0 bridgehead atoms.